The van der Waals surface area contributed by atoms with Crippen LogP contribution in [-0.4, -0.2) is 61.4 Å². The average Bonchev–Trinajstić information content (AvgIpc) is 2.95. The highest BCUT2D eigenvalue weighted by atomic mass is 16.5. The quantitative estimate of drug-likeness (QED) is 0.903. The average molecular weight is 346 g/mol. The number of nitrogens with one attached hydrogen (secondary N) is 1. The summed E-state index contributed by atoms with van der Waals surface area (Å²) in [5, 5.41) is 1.02. The Balaban J connectivity index is 1.77. The Labute approximate surface area is 148 Å². The predicted octanol–water partition coefficient (Wildman–Crippen LogP) is 2.37. The fourth-order valence-corrected chi connectivity index (χ4v) is 3.46. The summed E-state index contributed by atoms with van der Waals surface area (Å²) in [5.41, 5.74) is 1.61. The van der Waals surface area contributed by atoms with Crippen molar-refractivity contribution in [1.82, 2.24) is 9.88 Å². The molecule has 1 amide bonds. The number of H-pyrrole nitrogens is 1. The Morgan fingerprint density at radius 2 is 2.20 bits per heavy atom. The number of ether oxygens (including phenoxy) is 3. The van der Waals surface area contributed by atoms with Crippen LogP contribution >= 0.6 is 0 Å². The molecule has 1 saturated heterocycles. The van der Waals surface area contributed by atoms with E-state index in [4.69, 9.17) is 14.2 Å². The van der Waals surface area contributed by atoms with Gasteiger partial charge in [0.25, 0.3) is 0 Å². The van der Waals surface area contributed by atoms with E-state index in [0.717, 1.165) is 22.2 Å². The van der Waals surface area contributed by atoms with E-state index in [1.54, 1.807) is 14.2 Å². The SMILES string of the molecule is COCC1CN(C(=O)Cc2c[nH]c3ccc(OC)cc23)CC(C)(C)O1. The van der Waals surface area contributed by atoms with Gasteiger partial charge in [-0.05, 0) is 37.6 Å². The van der Waals surface area contributed by atoms with Gasteiger partial charge in [0.05, 0.1) is 31.8 Å². The van der Waals surface area contributed by atoms with Crippen LogP contribution in [0.25, 0.3) is 10.9 Å². The van der Waals surface area contributed by atoms with Gasteiger partial charge < -0.3 is 24.1 Å². The molecule has 0 radical (unpaired) electrons. The second kappa shape index (κ2) is 7.06. The molecular formula is C19H26N2O4. The Bertz CT molecular complexity index is 753. The highest BCUT2D eigenvalue weighted by molar-refractivity contribution is 5.89. The third-order valence-corrected chi connectivity index (χ3v) is 4.50. The molecule has 1 aromatic carbocycles. The molecule has 3 rings (SSSR count). The molecule has 1 atom stereocenters. The van der Waals surface area contributed by atoms with Crippen molar-refractivity contribution in [1.29, 1.82) is 0 Å². The third-order valence-electron chi connectivity index (χ3n) is 4.50. The Morgan fingerprint density at radius 1 is 1.40 bits per heavy atom. The van der Waals surface area contributed by atoms with Crippen molar-refractivity contribution in [3.8, 4) is 5.75 Å². The van der Waals surface area contributed by atoms with Gasteiger partial charge in [0.15, 0.2) is 0 Å². The minimum atomic E-state index is -0.374. The molecule has 1 aliphatic heterocycles. The molecule has 1 N–H and O–H groups in total. The molecule has 0 bridgehead atoms. The number of carbonyl (C=O) groups excluding carboxylic acids is 1. The molecule has 6 nitrogen and oxygen atoms in total. The number of hydrogen-bond acceptors (Lipinski definition) is 4. The highest BCUT2D eigenvalue weighted by Gasteiger charge is 2.35. The van der Waals surface area contributed by atoms with Gasteiger partial charge >= 0.3 is 0 Å². The molecular weight excluding hydrogens is 320 g/mol. The van der Waals surface area contributed by atoms with Gasteiger partial charge in [-0.15, -0.1) is 0 Å². The van der Waals surface area contributed by atoms with E-state index in [1.165, 1.54) is 0 Å². The summed E-state index contributed by atoms with van der Waals surface area (Å²) in [7, 11) is 3.29. The number of hydrogen-bond donors (Lipinski definition) is 1. The van der Waals surface area contributed by atoms with Gasteiger partial charge in [-0.2, -0.15) is 0 Å². The first-order valence-electron chi connectivity index (χ1n) is 8.50. The lowest BCUT2D eigenvalue weighted by atomic mass is 10.0. The van der Waals surface area contributed by atoms with Gasteiger partial charge in [0.1, 0.15) is 5.75 Å². The molecule has 25 heavy (non-hydrogen) atoms. The van der Waals surface area contributed by atoms with Gasteiger partial charge in [0.2, 0.25) is 5.91 Å². The minimum Gasteiger partial charge on any atom is -0.497 e. The number of fused-ring (bicyclic) bond motifs is 1. The zero-order valence-electron chi connectivity index (χ0n) is 15.3. The molecule has 1 aliphatic rings. The zero-order valence-corrected chi connectivity index (χ0v) is 15.3. The summed E-state index contributed by atoms with van der Waals surface area (Å²) in [6.45, 7) is 5.63. The van der Waals surface area contributed by atoms with Crippen LogP contribution in [0.15, 0.2) is 24.4 Å². The maximum Gasteiger partial charge on any atom is 0.227 e. The van der Waals surface area contributed by atoms with E-state index in [-0.39, 0.29) is 17.6 Å². The summed E-state index contributed by atoms with van der Waals surface area (Å²) in [5.74, 6) is 0.884. The van der Waals surface area contributed by atoms with Crippen LogP contribution in [0.1, 0.15) is 19.4 Å². The van der Waals surface area contributed by atoms with Crippen molar-refractivity contribution in [2.75, 3.05) is 33.9 Å². The summed E-state index contributed by atoms with van der Waals surface area (Å²) in [6.07, 6.45) is 2.16. The standard InChI is InChI=1S/C19H26N2O4/c1-19(2)12-21(10-15(25-19)11-23-3)18(22)7-13-9-20-17-6-5-14(24-4)8-16(13)17/h5-6,8-9,15,20H,7,10-12H2,1-4H3. The fourth-order valence-electron chi connectivity index (χ4n) is 3.46. The van der Waals surface area contributed by atoms with E-state index in [2.05, 4.69) is 4.98 Å². The largest absolute Gasteiger partial charge is 0.497 e. The molecule has 136 valence electrons. The van der Waals surface area contributed by atoms with Crippen molar-refractivity contribution in [2.24, 2.45) is 0 Å². The number of rotatable bonds is 5. The molecule has 1 aromatic heterocycles. The highest BCUT2D eigenvalue weighted by Crippen LogP contribution is 2.26. The van der Waals surface area contributed by atoms with Crippen molar-refractivity contribution in [3.05, 3.63) is 30.0 Å². The molecule has 0 saturated carbocycles. The lowest BCUT2D eigenvalue weighted by molar-refractivity contribution is -0.168. The van der Waals surface area contributed by atoms with Gasteiger partial charge in [-0.1, -0.05) is 0 Å². The van der Waals surface area contributed by atoms with Crippen LogP contribution in [0.5, 0.6) is 5.75 Å². The van der Waals surface area contributed by atoms with Gasteiger partial charge in [-0.3, -0.25) is 4.79 Å². The molecule has 1 fully saturated rings. The first kappa shape index (κ1) is 17.8. The van der Waals surface area contributed by atoms with E-state index >= 15 is 0 Å². The Morgan fingerprint density at radius 3 is 2.92 bits per heavy atom. The lowest BCUT2D eigenvalue weighted by Gasteiger charge is -2.42. The van der Waals surface area contributed by atoms with Gasteiger partial charge in [0, 0.05) is 37.3 Å². The summed E-state index contributed by atoms with van der Waals surface area (Å²) in [4.78, 5) is 18.0. The number of morpholine rings is 1. The second-order valence-corrected chi connectivity index (χ2v) is 7.13. The predicted molar refractivity (Wildman–Crippen MR) is 96.0 cm³/mol. The van der Waals surface area contributed by atoms with Crippen LogP contribution in [0.4, 0.5) is 0 Å². The molecule has 0 aliphatic carbocycles. The van der Waals surface area contributed by atoms with E-state index in [0.29, 0.717) is 26.1 Å². The lowest BCUT2D eigenvalue weighted by Crippen LogP contribution is -2.56. The Kier molecular flexibility index (Phi) is 5.01. The van der Waals surface area contributed by atoms with Crippen molar-refractivity contribution in [2.45, 2.75) is 32.0 Å². The number of methoxy groups -OCH3 is 2. The van der Waals surface area contributed by atoms with Crippen LogP contribution in [0.3, 0.4) is 0 Å². The second-order valence-electron chi connectivity index (χ2n) is 7.13. The van der Waals surface area contributed by atoms with Crippen LogP contribution in [0, 0.1) is 0 Å². The number of aromatic amines is 1. The zero-order chi connectivity index (χ0) is 18.0. The number of amides is 1. The molecule has 2 aromatic rings. The monoisotopic (exact) mass is 346 g/mol. The van der Waals surface area contributed by atoms with Crippen molar-refractivity contribution in [3.63, 3.8) is 0 Å². The van der Waals surface area contributed by atoms with E-state index < -0.39 is 0 Å². The normalized spacial score (nSPS) is 20.0. The maximum atomic E-state index is 12.9. The van der Waals surface area contributed by atoms with E-state index in [1.807, 2.05) is 43.1 Å². The van der Waals surface area contributed by atoms with Crippen molar-refractivity contribution >= 4 is 16.8 Å². The maximum absolute atomic E-state index is 12.9. The molecule has 6 heteroatoms. The van der Waals surface area contributed by atoms with E-state index in [9.17, 15) is 4.79 Å². The number of nitrogens with zero attached hydrogens (tertiary/aromatic N) is 1. The number of aromatic nitrogens is 1. The molecule has 1 unspecified atom stereocenters. The van der Waals surface area contributed by atoms with Crippen LogP contribution in [0.2, 0.25) is 0 Å². The molecule has 2 heterocycles. The minimum absolute atomic E-state index is 0.0965. The van der Waals surface area contributed by atoms with Crippen LogP contribution < -0.4 is 4.74 Å². The molecule has 0 spiro atoms. The number of carbonyl (C=O) groups is 1. The van der Waals surface area contributed by atoms with Crippen molar-refractivity contribution < 1.29 is 19.0 Å². The summed E-state index contributed by atoms with van der Waals surface area (Å²) >= 11 is 0. The third kappa shape index (κ3) is 3.96. The first-order chi connectivity index (χ1) is 11.9. The summed E-state index contributed by atoms with van der Waals surface area (Å²) < 4.78 is 16.5. The number of benzene rings is 1. The topological polar surface area (TPSA) is 63.8 Å². The fraction of sp³-hybridized carbons (Fsp3) is 0.526. The Hall–Kier alpha value is -2.05. The smallest absolute Gasteiger partial charge is 0.227 e. The summed E-state index contributed by atoms with van der Waals surface area (Å²) in [6, 6.07) is 5.84. The first-order valence-corrected chi connectivity index (χ1v) is 8.50. The van der Waals surface area contributed by atoms with Crippen LogP contribution in [-0.2, 0) is 20.7 Å². The van der Waals surface area contributed by atoms with Gasteiger partial charge in [-0.25, -0.2) is 0 Å².